The van der Waals surface area contributed by atoms with Crippen LogP contribution in [0, 0.1) is 0 Å². The first-order valence-corrected chi connectivity index (χ1v) is 6.54. The Morgan fingerprint density at radius 1 is 1.28 bits per heavy atom. The number of aromatic nitrogens is 3. The van der Waals surface area contributed by atoms with Crippen molar-refractivity contribution in [1.82, 2.24) is 15.2 Å². The molecule has 94 valence electrons. The van der Waals surface area contributed by atoms with E-state index in [1.165, 1.54) is 24.4 Å². The fraction of sp³-hybridized carbons (Fsp3) is 0. The van der Waals surface area contributed by atoms with Crippen LogP contribution in [-0.4, -0.2) is 23.6 Å². The third-order valence-electron chi connectivity index (χ3n) is 1.93. The molecular weight excluding hydrogens is 280 g/mol. The van der Waals surface area contributed by atoms with Gasteiger partial charge in [-0.05, 0) is 18.2 Å². The number of H-pyrrole nitrogens is 1. The summed E-state index contributed by atoms with van der Waals surface area (Å²) >= 11 is 5.69. The van der Waals surface area contributed by atoms with Crippen molar-refractivity contribution in [2.45, 2.75) is 4.90 Å². The van der Waals surface area contributed by atoms with Crippen molar-refractivity contribution in [2.24, 2.45) is 0 Å². The summed E-state index contributed by atoms with van der Waals surface area (Å²) in [6, 6.07) is 5.14. The van der Waals surface area contributed by atoms with E-state index in [4.69, 9.17) is 11.6 Å². The predicted octanol–water partition coefficient (Wildman–Crippen LogP) is 0.619. The molecule has 18 heavy (non-hydrogen) atoms. The molecule has 0 aliphatic rings. The van der Waals surface area contributed by atoms with Crippen LogP contribution in [0.25, 0.3) is 0 Å². The minimum absolute atomic E-state index is 0.0190. The van der Waals surface area contributed by atoms with Gasteiger partial charge in [0.1, 0.15) is 10.0 Å². The van der Waals surface area contributed by atoms with Crippen LogP contribution in [0.3, 0.4) is 0 Å². The molecule has 0 bridgehead atoms. The van der Waals surface area contributed by atoms with E-state index in [-0.39, 0.29) is 15.9 Å². The van der Waals surface area contributed by atoms with E-state index in [0.717, 1.165) is 6.07 Å². The zero-order valence-electron chi connectivity index (χ0n) is 8.79. The topological polar surface area (TPSA) is 105 Å². The second-order valence-electron chi connectivity index (χ2n) is 3.20. The highest BCUT2D eigenvalue weighted by Gasteiger charge is 2.18. The smallest absolute Gasteiger partial charge is 0.266 e. The maximum Gasteiger partial charge on any atom is 0.266 e. The third kappa shape index (κ3) is 2.66. The van der Waals surface area contributed by atoms with Crippen LogP contribution in [0.4, 0.5) is 5.82 Å². The van der Waals surface area contributed by atoms with Crippen LogP contribution in [0.5, 0.6) is 0 Å². The lowest BCUT2D eigenvalue weighted by Gasteiger charge is -2.07. The van der Waals surface area contributed by atoms with E-state index in [0.29, 0.717) is 0 Å². The van der Waals surface area contributed by atoms with E-state index in [9.17, 15) is 13.2 Å². The van der Waals surface area contributed by atoms with Crippen molar-refractivity contribution < 1.29 is 8.42 Å². The maximum atomic E-state index is 11.9. The highest BCUT2D eigenvalue weighted by molar-refractivity contribution is 7.92. The zero-order valence-corrected chi connectivity index (χ0v) is 10.4. The minimum atomic E-state index is -3.89. The van der Waals surface area contributed by atoms with Gasteiger partial charge in [-0.15, -0.1) is 0 Å². The third-order valence-corrected chi connectivity index (χ3v) is 3.73. The van der Waals surface area contributed by atoms with Crippen molar-refractivity contribution in [3.8, 4) is 0 Å². The lowest BCUT2D eigenvalue weighted by Crippen LogP contribution is -2.17. The molecule has 0 saturated heterocycles. The molecule has 0 radical (unpaired) electrons. The number of pyridine rings is 1. The summed E-state index contributed by atoms with van der Waals surface area (Å²) in [4.78, 5) is 14.3. The summed E-state index contributed by atoms with van der Waals surface area (Å²) in [6.07, 6.45) is 1.37. The van der Waals surface area contributed by atoms with Crippen molar-refractivity contribution in [3.63, 3.8) is 0 Å². The van der Waals surface area contributed by atoms with E-state index in [1.54, 1.807) is 0 Å². The molecule has 2 N–H and O–H groups in total. The molecule has 2 heterocycles. The quantitative estimate of drug-likeness (QED) is 0.805. The van der Waals surface area contributed by atoms with Crippen LogP contribution >= 0.6 is 11.6 Å². The number of hydrogen-bond acceptors (Lipinski definition) is 5. The molecule has 0 amide bonds. The van der Waals surface area contributed by atoms with Gasteiger partial charge in [-0.1, -0.05) is 11.6 Å². The molecule has 2 aromatic heterocycles. The van der Waals surface area contributed by atoms with Crippen molar-refractivity contribution in [1.29, 1.82) is 0 Å². The van der Waals surface area contributed by atoms with Crippen molar-refractivity contribution >= 4 is 27.4 Å². The molecule has 0 spiro atoms. The Kier molecular flexibility index (Phi) is 3.30. The van der Waals surface area contributed by atoms with Crippen LogP contribution in [0.15, 0.2) is 40.2 Å². The Balaban J connectivity index is 2.36. The van der Waals surface area contributed by atoms with Gasteiger partial charge in [0.2, 0.25) is 0 Å². The predicted molar refractivity (Wildman–Crippen MR) is 64.9 cm³/mol. The van der Waals surface area contributed by atoms with Crippen molar-refractivity contribution in [2.75, 3.05) is 4.72 Å². The fourth-order valence-electron chi connectivity index (χ4n) is 1.17. The van der Waals surface area contributed by atoms with E-state index < -0.39 is 15.6 Å². The van der Waals surface area contributed by atoms with Gasteiger partial charge in [-0.25, -0.2) is 18.5 Å². The van der Waals surface area contributed by atoms with Crippen LogP contribution < -0.4 is 10.3 Å². The van der Waals surface area contributed by atoms with Crippen LogP contribution in [0.1, 0.15) is 0 Å². The largest absolute Gasteiger partial charge is 0.268 e. The summed E-state index contributed by atoms with van der Waals surface area (Å²) in [5.41, 5.74) is -0.433. The summed E-state index contributed by atoms with van der Waals surface area (Å²) in [5.74, 6) is -0.0190. The van der Waals surface area contributed by atoms with Gasteiger partial charge >= 0.3 is 0 Å². The molecule has 0 atom stereocenters. The van der Waals surface area contributed by atoms with Gasteiger partial charge in [-0.2, -0.15) is 5.10 Å². The molecule has 0 aliphatic carbocycles. The number of hydrogen-bond donors (Lipinski definition) is 2. The SMILES string of the molecule is O=c1ccc(NS(=O)(=O)c2cccnc2Cl)n[nH]1. The molecule has 0 unspecified atom stereocenters. The molecule has 0 fully saturated rings. The Bertz CT molecular complexity index is 708. The van der Waals surface area contributed by atoms with E-state index in [1.807, 2.05) is 0 Å². The molecule has 2 rings (SSSR count). The Morgan fingerprint density at radius 3 is 2.67 bits per heavy atom. The maximum absolute atomic E-state index is 11.9. The zero-order chi connectivity index (χ0) is 13.2. The first kappa shape index (κ1) is 12.5. The number of anilines is 1. The summed E-state index contributed by atoms with van der Waals surface area (Å²) in [6.45, 7) is 0. The summed E-state index contributed by atoms with van der Waals surface area (Å²) in [7, 11) is -3.89. The second-order valence-corrected chi connectivity index (χ2v) is 5.21. The van der Waals surface area contributed by atoms with Gasteiger partial charge in [0.15, 0.2) is 5.82 Å². The molecule has 0 aromatic carbocycles. The fourth-order valence-corrected chi connectivity index (χ4v) is 2.62. The van der Waals surface area contributed by atoms with Crippen molar-refractivity contribution in [3.05, 3.63) is 46.0 Å². The average Bonchev–Trinajstić information content (AvgIpc) is 2.32. The number of nitrogens with one attached hydrogen (secondary N) is 2. The molecular formula is C9H7ClN4O3S. The number of nitrogens with zero attached hydrogens (tertiary/aromatic N) is 2. The van der Waals surface area contributed by atoms with Gasteiger partial charge < -0.3 is 0 Å². The van der Waals surface area contributed by atoms with Crippen LogP contribution in [-0.2, 0) is 10.0 Å². The summed E-state index contributed by atoms with van der Waals surface area (Å²) in [5, 5.41) is 5.49. The van der Waals surface area contributed by atoms with E-state index in [2.05, 4.69) is 19.9 Å². The Morgan fingerprint density at radius 2 is 2.06 bits per heavy atom. The molecule has 7 nitrogen and oxygen atoms in total. The lowest BCUT2D eigenvalue weighted by atomic mass is 10.5. The molecule has 9 heteroatoms. The number of sulfonamides is 1. The number of aromatic amines is 1. The molecule has 0 aliphatic heterocycles. The average molecular weight is 287 g/mol. The van der Waals surface area contributed by atoms with E-state index >= 15 is 0 Å². The molecule has 0 saturated carbocycles. The highest BCUT2D eigenvalue weighted by atomic mass is 35.5. The number of halogens is 1. The standard InChI is InChI=1S/C9H7ClN4O3S/c10-9-6(2-1-5-11-9)18(16,17)14-7-3-4-8(15)13-12-7/h1-5H,(H,12,14)(H,13,15). The molecule has 2 aromatic rings. The Hall–Kier alpha value is -1.93. The van der Waals surface area contributed by atoms with Gasteiger partial charge in [-0.3, -0.25) is 9.52 Å². The van der Waals surface area contributed by atoms with Gasteiger partial charge in [0.25, 0.3) is 15.6 Å². The normalized spacial score (nSPS) is 11.2. The Labute approximate surface area is 107 Å². The monoisotopic (exact) mass is 286 g/mol. The first-order valence-electron chi connectivity index (χ1n) is 4.68. The number of rotatable bonds is 3. The highest BCUT2D eigenvalue weighted by Crippen LogP contribution is 2.19. The first-order chi connectivity index (χ1) is 8.49. The minimum Gasteiger partial charge on any atom is -0.268 e. The van der Waals surface area contributed by atoms with Gasteiger partial charge in [0, 0.05) is 12.3 Å². The second kappa shape index (κ2) is 4.75. The van der Waals surface area contributed by atoms with Crippen LogP contribution in [0.2, 0.25) is 5.15 Å². The van der Waals surface area contributed by atoms with Gasteiger partial charge in [0.05, 0.1) is 0 Å². The summed E-state index contributed by atoms with van der Waals surface area (Å²) < 4.78 is 26.0. The lowest BCUT2D eigenvalue weighted by molar-refractivity contribution is 0.600.